The molecule has 31 heavy (non-hydrogen) atoms. The topological polar surface area (TPSA) is 91.8 Å². The number of hydrogen-bond donors (Lipinski definition) is 1. The molecule has 1 fully saturated rings. The van der Waals surface area contributed by atoms with E-state index < -0.39 is 17.7 Å². The molecule has 0 saturated carbocycles. The van der Waals surface area contributed by atoms with E-state index in [2.05, 4.69) is 10.3 Å². The van der Waals surface area contributed by atoms with E-state index in [0.717, 1.165) is 0 Å². The molecule has 1 aliphatic rings. The van der Waals surface area contributed by atoms with Crippen molar-refractivity contribution in [2.75, 3.05) is 43.0 Å². The lowest BCUT2D eigenvalue weighted by Gasteiger charge is -2.23. The van der Waals surface area contributed by atoms with Crippen LogP contribution in [0.5, 0.6) is 0 Å². The molecule has 0 atom stereocenters. The summed E-state index contributed by atoms with van der Waals surface area (Å²) in [4.78, 5) is 43.9. The molecular formula is C22H25FN4O4. The van der Waals surface area contributed by atoms with Crippen LogP contribution in [0.25, 0.3) is 0 Å². The number of nitrogens with one attached hydrogen (secondary N) is 1. The fourth-order valence-electron chi connectivity index (χ4n) is 3.40. The van der Waals surface area contributed by atoms with Crippen molar-refractivity contribution in [2.45, 2.75) is 20.3 Å². The molecule has 0 bridgehead atoms. The summed E-state index contributed by atoms with van der Waals surface area (Å²) in [6, 6.07) is 7.37. The average molecular weight is 428 g/mol. The van der Waals surface area contributed by atoms with Crippen LogP contribution in [-0.4, -0.2) is 60.5 Å². The monoisotopic (exact) mass is 428 g/mol. The molecule has 2 heterocycles. The van der Waals surface area contributed by atoms with E-state index >= 15 is 0 Å². The Hall–Kier alpha value is -3.49. The predicted molar refractivity (Wildman–Crippen MR) is 114 cm³/mol. The Kier molecular flexibility index (Phi) is 7.17. The second-order valence-electron chi connectivity index (χ2n) is 7.13. The van der Waals surface area contributed by atoms with Gasteiger partial charge in [0, 0.05) is 45.0 Å². The summed E-state index contributed by atoms with van der Waals surface area (Å²) in [6.07, 6.45) is 2.16. The zero-order valence-corrected chi connectivity index (χ0v) is 17.6. The molecule has 0 unspecified atom stereocenters. The van der Waals surface area contributed by atoms with Crippen LogP contribution in [0.1, 0.15) is 41.0 Å². The molecule has 2 aromatic rings. The zero-order chi connectivity index (χ0) is 22.4. The highest BCUT2D eigenvalue weighted by atomic mass is 19.1. The summed E-state index contributed by atoms with van der Waals surface area (Å²) in [5, 5.41) is 2.57. The van der Waals surface area contributed by atoms with Crippen molar-refractivity contribution in [1.29, 1.82) is 0 Å². The molecule has 1 saturated heterocycles. The van der Waals surface area contributed by atoms with Gasteiger partial charge in [0.05, 0.1) is 17.7 Å². The van der Waals surface area contributed by atoms with Gasteiger partial charge in [-0.3, -0.25) is 9.59 Å². The largest absolute Gasteiger partial charge is 0.462 e. The maximum atomic E-state index is 14.3. The standard InChI is InChI=1S/C22H25FN4O4/c1-3-31-22(30)16-5-8-20(24-14-16)26-9-4-10-27(12-11-26)21(29)18-13-17(25-15(2)28)6-7-19(18)23/h5-8,13-14H,3-4,9-12H2,1-2H3,(H,25,28). The fourth-order valence-corrected chi connectivity index (χ4v) is 3.40. The van der Waals surface area contributed by atoms with Gasteiger partial charge in [-0.2, -0.15) is 0 Å². The van der Waals surface area contributed by atoms with Gasteiger partial charge in [0.15, 0.2) is 0 Å². The van der Waals surface area contributed by atoms with Crippen molar-refractivity contribution in [3.05, 3.63) is 53.5 Å². The second kappa shape index (κ2) is 10.0. The van der Waals surface area contributed by atoms with Gasteiger partial charge in [0.1, 0.15) is 11.6 Å². The molecule has 8 nitrogen and oxygen atoms in total. The van der Waals surface area contributed by atoms with Crippen LogP contribution < -0.4 is 10.2 Å². The van der Waals surface area contributed by atoms with Crippen molar-refractivity contribution < 1.29 is 23.5 Å². The smallest absolute Gasteiger partial charge is 0.339 e. The molecular weight excluding hydrogens is 403 g/mol. The summed E-state index contributed by atoms with van der Waals surface area (Å²) in [6.45, 7) is 5.44. The van der Waals surface area contributed by atoms with Crippen LogP contribution in [0, 0.1) is 5.82 Å². The summed E-state index contributed by atoms with van der Waals surface area (Å²) >= 11 is 0. The Labute approximate surface area is 180 Å². The highest BCUT2D eigenvalue weighted by molar-refractivity contribution is 5.97. The lowest BCUT2D eigenvalue weighted by molar-refractivity contribution is -0.114. The van der Waals surface area contributed by atoms with Gasteiger partial charge < -0.3 is 19.9 Å². The van der Waals surface area contributed by atoms with Crippen molar-refractivity contribution in [3.63, 3.8) is 0 Å². The van der Waals surface area contributed by atoms with Crippen LogP contribution in [0.2, 0.25) is 0 Å². The summed E-state index contributed by atoms with van der Waals surface area (Å²) in [7, 11) is 0. The van der Waals surface area contributed by atoms with Gasteiger partial charge in [0.25, 0.3) is 5.91 Å². The molecule has 3 rings (SSSR count). The molecule has 1 aromatic heterocycles. The predicted octanol–water partition coefficient (Wildman–Crippen LogP) is 2.71. The first-order chi connectivity index (χ1) is 14.9. The van der Waals surface area contributed by atoms with Gasteiger partial charge in [-0.1, -0.05) is 0 Å². The first-order valence-corrected chi connectivity index (χ1v) is 10.1. The minimum atomic E-state index is -0.628. The van der Waals surface area contributed by atoms with Crippen LogP contribution in [0.15, 0.2) is 36.5 Å². The maximum absolute atomic E-state index is 14.3. The number of benzene rings is 1. The minimum Gasteiger partial charge on any atom is -0.462 e. The third-order valence-electron chi connectivity index (χ3n) is 4.88. The highest BCUT2D eigenvalue weighted by Crippen LogP contribution is 2.20. The lowest BCUT2D eigenvalue weighted by atomic mass is 10.1. The Balaban J connectivity index is 1.68. The minimum absolute atomic E-state index is 0.0726. The van der Waals surface area contributed by atoms with E-state index in [9.17, 15) is 18.8 Å². The third-order valence-corrected chi connectivity index (χ3v) is 4.88. The van der Waals surface area contributed by atoms with Gasteiger partial charge in [-0.15, -0.1) is 0 Å². The number of carbonyl (C=O) groups excluding carboxylic acids is 3. The molecule has 164 valence electrons. The maximum Gasteiger partial charge on any atom is 0.339 e. The number of rotatable bonds is 5. The molecule has 2 amide bonds. The molecule has 0 radical (unpaired) electrons. The fraction of sp³-hybridized carbons (Fsp3) is 0.364. The number of esters is 1. The first-order valence-electron chi connectivity index (χ1n) is 10.1. The molecule has 1 aliphatic heterocycles. The molecule has 1 aromatic carbocycles. The molecule has 0 spiro atoms. The van der Waals surface area contributed by atoms with Crippen molar-refractivity contribution >= 4 is 29.3 Å². The van der Waals surface area contributed by atoms with E-state index in [1.807, 2.05) is 4.90 Å². The Morgan fingerprint density at radius 1 is 1.13 bits per heavy atom. The van der Waals surface area contributed by atoms with Crippen molar-refractivity contribution in [1.82, 2.24) is 9.88 Å². The third kappa shape index (κ3) is 5.56. The Morgan fingerprint density at radius 2 is 1.94 bits per heavy atom. The van der Waals surface area contributed by atoms with Gasteiger partial charge in [0.2, 0.25) is 5.91 Å². The van der Waals surface area contributed by atoms with Crippen LogP contribution in [0.4, 0.5) is 15.9 Å². The van der Waals surface area contributed by atoms with Gasteiger partial charge >= 0.3 is 5.97 Å². The summed E-state index contributed by atoms with van der Waals surface area (Å²) in [5.74, 6) is -1.07. The number of aromatic nitrogens is 1. The summed E-state index contributed by atoms with van der Waals surface area (Å²) in [5.41, 5.74) is 0.683. The average Bonchev–Trinajstić information content (AvgIpc) is 3.01. The number of ether oxygens (including phenoxy) is 1. The van der Waals surface area contributed by atoms with Crippen LogP contribution >= 0.6 is 0 Å². The molecule has 1 N–H and O–H groups in total. The first kappa shape index (κ1) is 22.2. The Bertz CT molecular complexity index is 964. The van der Waals surface area contributed by atoms with E-state index in [1.54, 1.807) is 24.0 Å². The second-order valence-corrected chi connectivity index (χ2v) is 7.13. The number of carbonyl (C=O) groups is 3. The number of nitrogens with zero attached hydrogens (tertiary/aromatic N) is 3. The van der Waals surface area contributed by atoms with Crippen LogP contribution in [0.3, 0.4) is 0 Å². The van der Waals surface area contributed by atoms with E-state index in [-0.39, 0.29) is 11.5 Å². The quantitative estimate of drug-likeness (QED) is 0.737. The highest BCUT2D eigenvalue weighted by Gasteiger charge is 2.23. The number of hydrogen-bond acceptors (Lipinski definition) is 6. The number of pyridine rings is 1. The van der Waals surface area contributed by atoms with E-state index in [1.165, 1.54) is 31.3 Å². The summed E-state index contributed by atoms with van der Waals surface area (Å²) < 4.78 is 19.3. The number of amides is 2. The number of halogens is 1. The molecule has 9 heteroatoms. The van der Waals surface area contributed by atoms with Crippen LogP contribution in [-0.2, 0) is 9.53 Å². The van der Waals surface area contributed by atoms with Gasteiger partial charge in [-0.05, 0) is 43.7 Å². The van der Waals surface area contributed by atoms with E-state index in [0.29, 0.717) is 56.3 Å². The van der Waals surface area contributed by atoms with Crippen molar-refractivity contribution in [3.8, 4) is 0 Å². The van der Waals surface area contributed by atoms with Gasteiger partial charge in [-0.25, -0.2) is 14.2 Å². The lowest BCUT2D eigenvalue weighted by Crippen LogP contribution is -2.35. The Morgan fingerprint density at radius 3 is 2.61 bits per heavy atom. The normalized spacial score (nSPS) is 14.0. The number of anilines is 2. The SMILES string of the molecule is CCOC(=O)c1ccc(N2CCCN(C(=O)c3cc(NC(C)=O)ccc3F)CC2)nc1. The zero-order valence-electron chi connectivity index (χ0n) is 17.6. The van der Waals surface area contributed by atoms with E-state index in [4.69, 9.17) is 4.74 Å². The molecule has 0 aliphatic carbocycles. The van der Waals surface area contributed by atoms with Crippen molar-refractivity contribution in [2.24, 2.45) is 0 Å².